The van der Waals surface area contributed by atoms with Gasteiger partial charge in [-0.15, -0.1) is 0 Å². The van der Waals surface area contributed by atoms with Crippen molar-refractivity contribution in [1.82, 2.24) is 29.6 Å². The number of nitrogens with zero attached hydrogens (tertiary/aromatic N) is 7. The van der Waals surface area contributed by atoms with Crippen molar-refractivity contribution in [3.63, 3.8) is 0 Å². The van der Waals surface area contributed by atoms with Gasteiger partial charge in [0.25, 0.3) is 11.8 Å². The molecular weight excluding hydrogens is 665 g/mol. The van der Waals surface area contributed by atoms with Crippen molar-refractivity contribution in [3.05, 3.63) is 58.9 Å². The van der Waals surface area contributed by atoms with Crippen molar-refractivity contribution in [2.24, 2.45) is 11.7 Å². The Morgan fingerprint density at radius 1 is 1.18 bits per heavy atom. The number of benzene rings is 1. The van der Waals surface area contributed by atoms with Crippen molar-refractivity contribution in [3.8, 4) is 16.9 Å². The van der Waals surface area contributed by atoms with E-state index in [1.54, 1.807) is 29.1 Å². The molecule has 3 aliphatic heterocycles. The number of rotatable bonds is 8. The predicted molar refractivity (Wildman–Crippen MR) is 173 cm³/mol. The van der Waals surface area contributed by atoms with Crippen LogP contribution in [0.25, 0.3) is 22.2 Å². The van der Waals surface area contributed by atoms with Gasteiger partial charge >= 0.3 is 6.18 Å². The van der Waals surface area contributed by atoms with Crippen LogP contribution < -0.4 is 15.4 Å². The van der Waals surface area contributed by atoms with Gasteiger partial charge in [-0.25, -0.2) is 19.6 Å². The summed E-state index contributed by atoms with van der Waals surface area (Å²) in [5.41, 5.74) is 7.26. The van der Waals surface area contributed by atoms with Crippen LogP contribution in [-0.2, 0) is 22.5 Å². The zero-order valence-electron chi connectivity index (χ0n) is 26.8. The Bertz CT molecular complexity index is 1930. The molecule has 7 rings (SSSR count). The highest BCUT2D eigenvalue weighted by Gasteiger charge is 2.43. The molecule has 2 saturated heterocycles. The lowest BCUT2D eigenvalue weighted by Crippen LogP contribution is -2.63. The number of pyridine rings is 1. The van der Waals surface area contributed by atoms with E-state index < -0.39 is 24.9 Å². The minimum atomic E-state index is -4.49. The highest BCUT2D eigenvalue weighted by atomic mass is 35.5. The van der Waals surface area contributed by atoms with E-state index in [2.05, 4.69) is 33.7 Å². The molecule has 0 bridgehead atoms. The highest BCUT2D eigenvalue weighted by molar-refractivity contribution is 6.30. The molecule has 3 aromatic heterocycles. The molecule has 0 radical (unpaired) electrons. The fourth-order valence-electron chi connectivity index (χ4n) is 7.02. The lowest BCUT2D eigenvalue weighted by atomic mass is 9.88. The molecule has 2 fully saturated rings. The first-order chi connectivity index (χ1) is 23.3. The summed E-state index contributed by atoms with van der Waals surface area (Å²) in [6, 6.07) is 4.88. The number of primary amides is 1. The van der Waals surface area contributed by atoms with Crippen LogP contribution in [0.2, 0.25) is 5.02 Å². The summed E-state index contributed by atoms with van der Waals surface area (Å²) >= 11 is 5.92. The molecule has 0 unspecified atom stereocenters. The van der Waals surface area contributed by atoms with Crippen molar-refractivity contribution in [1.29, 1.82) is 0 Å². The average Bonchev–Trinajstić information content (AvgIpc) is 3.46. The zero-order chi connectivity index (χ0) is 34.7. The highest BCUT2D eigenvalue weighted by Crippen LogP contribution is 2.42. The number of aryl methyl sites for hydroxylation is 1. The standard InChI is InChI=1S/C33H34ClF3N8O4/c1-18-13-43(32(2)16-48-17-32)8-6-23(18)45-31-21(12-41-45)28(29(30(38)47)22(42-31)5-7-33(35,36)37)19-3-4-24-25(9-19)49-15-27(46)44(24)14-26-39-10-20(34)11-40-26/h3-4,9-12,18,23H,5-8,13-17H2,1-2H3,(H2,38,47)/t18-,23-/m1/s1. The van der Waals surface area contributed by atoms with Gasteiger partial charge in [-0.1, -0.05) is 24.6 Å². The second-order valence-corrected chi connectivity index (χ2v) is 13.6. The summed E-state index contributed by atoms with van der Waals surface area (Å²) < 4.78 is 53.7. The third-order valence-corrected chi connectivity index (χ3v) is 9.83. The Morgan fingerprint density at radius 2 is 1.94 bits per heavy atom. The fraction of sp³-hybridized carbons (Fsp3) is 0.455. The molecule has 2 amide bonds. The van der Waals surface area contributed by atoms with Crippen molar-refractivity contribution >= 4 is 40.1 Å². The molecule has 12 nitrogen and oxygen atoms in total. The largest absolute Gasteiger partial charge is 0.482 e. The second-order valence-electron chi connectivity index (χ2n) is 13.2. The van der Waals surface area contributed by atoms with Gasteiger partial charge in [0.2, 0.25) is 0 Å². The Labute approximate surface area is 284 Å². The molecule has 4 aromatic rings. The summed E-state index contributed by atoms with van der Waals surface area (Å²) in [6.45, 7) is 7.01. The Kier molecular flexibility index (Phi) is 8.48. The molecule has 0 aliphatic carbocycles. The van der Waals surface area contributed by atoms with Gasteiger partial charge in [0.15, 0.2) is 12.3 Å². The van der Waals surface area contributed by atoms with Crippen LogP contribution in [0.4, 0.5) is 18.9 Å². The molecule has 2 N–H and O–H groups in total. The number of likely N-dealkylation sites (tertiary alicyclic amines) is 1. The summed E-state index contributed by atoms with van der Waals surface area (Å²) in [4.78, 5) is 42.9. The molecule has 16 heteroatoms. The van der Waals surface area contributed by atoms with Gasteiger partial charge in [-0.2, -0.15) is 18.3 Å². The maximum atomic E-state index is 13.5. The molecule has 258 valence electrons. The maximum Gasteiger partial charge on any atom is 0.389 e. The number of carbonyl (C=O) groups is 2. The molecule has 1 aromatic carbocycles. The summed E-state index contributed by atoms with van der Waals surface area (Å²) in [7, 11) is 0. The van der Waals surface area contributed by atoms with Crippen LogP contribution in [0.5, 0.6) is 5.75 Å². The third-order valence-electron chi connectivity index (χ3n) is 9.64. The van der Waals surface area contributed by atoms with E-state index in [1.807, 2.05) is 0 Å². The molecular formula is C33H34ClF3N8O4. The van der Waals surface area contributed by atoms with Crippen LogP contribution in [0.15, 0.2) is 36.8 Å². The number of nitrogens with two attached hydrogens (primary N) is 1. The number of anilines is 1. The summed E-state index contributed by atoms with van der Waals surface area (Å²) in [6.07, 6.45) is -1.02. The summed E-state index contributed by atoms with van der Waals surface area (Å²) in [5.74, 6) is -0.414. The topological polar surface area (TPSA) is 142 Å². The van der Waals surface area contributed by atoms with Gasteiger partial charge in [-0.3, -0.25) is 19.4 Å². The fourth-order valence-corrected chi connectivity index (χ4v) is 7.12. The van der Waals surface area contributed by atoms with Crippen molar-refractivity contribution < 1.29 is 32.2 Å². The number of amides is 2. The number of carbonyl (C=O) groups excluding carboxylic acids is 2. The Hall–Kier alpha value is -4.34. The number of aromatic nitrogens is 5. The van der Waals surface area contributed by atoms with Gasteiger partial charge in [-0.05, 0) is 43.4 Å². The number of hydrogen-bond acceptors (Lipinski definition) is 9. The van der Waals surface area contributed by atoms with E-state index in [-0.39, 0.29) is 47.8 Å². The average molecular weight is 699 g/mol. The van der Waals surface area contributed by atoms with E-state index in [4.69, 9.17) is 31.9 Å². The number of fused-ring (bicyclic) bond motifs is 2. The first kappa shape index (κ1) is 33.2. The summed E-state index contributed by atoms with van der Waals surface area (Å²) in [5, 5.41) is 5.54. The predicted octanol–water partition coefficient (Wildman–Crippen LogP) is 4.73. The normalized spacial score (nSPS) is 20.9. The molecule has 49 heavy (non-hydrogen) atoms. The van der Waals surface area contributed by atoms with E-state index in [0.717, 1.165) is 19.5 Å². The number of ether oxygens (including phenoxy) is 2. The Balaban J connectivity index is 1.32. The first-order valence-electron chi connectivity index (χ1n) is 15.9. The molecule has 2 atom stereocenters. The SMILES string of the molecule is C[C@@H]1CN(C2(C)COC2)CC[C@H]1n1ncc2c(-c3ccc4c(c3)OCC(=O)N4Cc3ncc(Cl)cn3)c(C(N)=O)c(CCC(F)(F)F)nc21. The van der Waals surface area contributed by atoms with Crippen LogP contribution >= 0.6 is 11.6 Å². The lowest BCUT2D eigenvalue weighted by Gasteiger charge is -2.51. The number of hydrogen-bond donors (Lipinski definition) is 1. The lowest BCUT2D eigenvalue weighted by molar-refractivity contribution is -0.143. The molecule has 0 saturated carbocycles. The third kappa shape index (κ3) is 6.30. The molecule has 0 spiro atoms. The van der Waals surface area contributed by atoms with Gasteiger partial charge in [0, 0.05) is 42.9 Å². The monoisotopic (exact) mass is 698 g/mol. The van der Waals surface area contributed by atoms with Gasteiger partial charge in [0.1, 0.15) is 11.6 Å². The minimum Gasteiger partial charge on any atom is -0.482 e. The Morgan fingerprint density at radius 3 is 2.59 bits per heavy atom. The van der Waals surface area contributed by atoms with Crippen LogP contribution in [-0.4, -0.2) is 86.1 Å². The first-order valence-corrected chi connectivity index (χ1v) is 16.3. The quantitative estimate of drug-likeness (QED) is 0.276. The minimum absolute atomic E-state index is 0.0193. The van der Waals surface area contributed by atoms with Crippen molar-refractivity contribution in [2.75, 3.05) is 37.8 Å². The zero-order valence-corrected chi connectivity index (χ0v) is 27.6. The van der Waals surface area contributed by atoms with E-state index in [1.165, 1.54) is 17.3 Å². The number of halogens is 4. The van der Waals surface area contributed by atoms with Gasteiger partial charge < -0.3 is 15.2 Å². The maximum absolute atomic E-state index is 13.5. The number of alkyl halides is 3. The van der Waals surface area contributed by atoms with E-state index >= 15 is 0 Å². The number of piperidine rings is 1. The smallest absolute Gasteiger partial charge is 0.389 e. The van der Waals surface area contributed by atoms with Crippen molar-refractivity contribution in [2.45, 2.75) is 57.4 Å². The van der Waals surface area contributed by atoms with E-state index in [0.29, 0.717) is 57.7 Å². The second kappa shape index (κ2) is 12.5. The van der Waals surface area contributed by atoms with Crippen LogP contribution in [0.3, 0.4) is 0 Å². The van der Waals surface area contributed by atoms with Crippen LogP contribution in [0, 0.1) is 5.92 Å². The van der Waals surface area contributed by atoms with E-state index in [9.17, 15) is 22.8 Å². The van der Waals surface area contributed by atoms with Crippen LogP contribution in [0.1, 0.15) is 54.6 Å². The van der Waals surface area contributed by atoms with Gasteiger partial charge in [0.05, 0.1) is 59.5 Å². The molecule has 6 heterocycles. The molecule has 3 aliphatic rings.